The van der Waals surface area contributed by atoms with Crippen molar-refractivity contribution in [1.29, 1.82) is 0 Å². The van der Waals surface area contributed by atoms with Gasteiger partial charge in [0.25, 0.3) is 0 Å². The molecule has 1 aliphatic heterocycles. The summed E-state index contributed by atoms with van der Waals surface area (Å²) < 4.78 is 12.2. The Morgan fingerprint density at radius 3 is 2.54 bits per heavy atom. The molecule has 0 radical (unpaired) electrons. The molecule has 0 spiro atoms. The molecule has 0 bridgehead atoms. The highest BCUT2D eigenvalue weighted by molar-refractivity contribution is 9.10. The average Bonchev–Trinajstić information content (AvgIpc) is 2.63. The zero-order valence-electron chi connectivity index (χ0n) is 14.6. The summed E-state index contributed by atoms with van der Waals surface area (Å²) in [5, 5.41) is 10.2. The topological polar surface area (TPSA) is 41.9 Å². The number of hydrogen-bond donors (Lipinski definition) is 1. The van der Waals surface area contributed by atoms with E-state index in [0.717, 1.165) is 29.7 Å². The van der Waals surface area contributed by atoms with Crippen LogP contribution in [0.5, 0.6) is 5.75 Å². The molecule has 6 heteroatoms. The second-order valence-electron chi connectivity index (χ2n) is 6.28. The normalized spacial score (nSPS) is 15.0. The van der Waals surface area contributed by atoms with Crippen molar-refractivity contribution in [2.75, 3.05) is 32.9 Å². The minimum atomic E-state index is -0.474. The Bertz CT molecular complexity index is 668. The van der Waals surface area contributed by atoms with Crippen LogP contribution in [0.15, 0.2) is 53.0 Å². The average molecular weight is 443 g/mol. The fourth-order valence-corrected chi connectivity index (χ4v) is 3.29. The standard InChI is InChI=1S/C20H24BrNO3.ClH/c21-18-5-7-20(8-6-18)25-12-11-24-15-19(23)14-22-10-9-16-3-1-2-4-17(16)13-22;/h1-8,19,23H,9-15H2;1H. The molecule has 0 amide bonds. The van der Waals surface area contributed by atoms with Crippen molar-refractivity contribution >= 4 is 28.3 Å². The number of halogens is 2. The first-order valence-corrected chi connectivity index (χ1v) is 9.43. The quantitative estimate of drug-likeness (QED) is 0.633. The number of nitrogens with zero attached hydrogens (tertiary/aromatic N) is 1. The summed E-state index contributed by atoms with van der Waals surface area (Å²) in [6.45, 7) is 3.81. The van der Waals surface area contributed by atoms with Crippen molar-refractivity contribution in [3.05, 3.63) is 64.1 Å². The second-order valence-corrected chi connectivity index (χ2v) is 7.20. The summed E-state index contributed by atoms with van der Waals surface area (Å²) >= 11 is 3.39. The minimum absolute atomic E-state index is 0. The number of ether oxygens (including phenoxy) is 2. The molecule has 1 atom stereocenters. The molecule has 0 saturated heterocycles. The van der Waals surface area contributed by atoms with Crippen molar-refractivity contribution in [3.63, 3.8) is 0 Å². The predicted molar refractivity (Wildman–Crippen MR) is 109 cm³/mol. The molecule has 4 nitrogen and oxygen atoms in total. The lowest BCUT2D eigenvalue weighted by Gasteiger charge is -2.30. The van der Waals surface area contributed by atoms with Gasteiger partial charge in [-0.05, 0) is 41.8 Å². The fraction of sp³-hybridized carbons (Fsp3) is 0.400. The molecule has 1 unspecified atom stereocenters. The number of fused-ring (bicyclic) bond motifs is 1. The molecule has 26 heavy (non-hydrogen) atoms. The van der Waals surface area contributed by atoms with E-state index in [0.29, 0.717) is 26.4 Å². The third-order valence-corrected chi connectivity index (χ3v) is 4.83. The lowest BCUT2D eigenvalue weighted by Crippen LogP contribution is -2.38. The monoisotopic (exact) mass is 441 g/mol. The van der Waals surface area contributed by atoms with Crippen LogP contribution < -0.4 is 4.74 Å². The van der Waals surface area contributed by atoms with E-state index in [-0.39, 0.29) is 12.4 Å². The number of benzene rings is 2. The van der Waals surface area contributed by atoms with E-state index in [9.17, 15) is 5.11 Å². The lowest BCUT2D eigenvalue weighted by molar-refractivity contribution is 0.00589. The fourth-order valence-electron chi connectivity index (χ4n) is 3.03. The molecule has 3 rings (SSSR count). The van der Waals surface area contributed by atoms with Crippen LogP contribution in [-0.4, -0.2) is 49.0 Å². The SMILES string of the molecule is Cl.OC(COCCOc1ccc(Br)cc1)CN1CCc2ccccc2C1. The van der Waals surface area contributed by atoms with Crippen molar-refractivity contribution < 1.29 is 14.6 Å². The van der Waals surface area contributed by atoms with Gasteiger partial charge >= 0.3 is 0 Å². The van der Waals surface area contributed by atoms with Crippen molar-refractivity contribution in [3.8, 4) is 5.75 Å². The third kappa shape index (κ3) is 6.56. The van der Waals surface area contributed by atoms with Crippen LogP contribution in [0.1, 0.15) is 11.1 Å². The minimum Gasteiger partial charge on any atom is -0.491 e. The molecule has 0 fully saturated rings. The molecule has 1 aliphatic rings. The van der Waals surface area contributed by atoms with E-state index in [2.05, 4.69) is 45.1 Å². The van der Waals surface area contributed by atoms with Gasteiger partial charge in [0.15, 0.2) is 0 Å². The van der Waals surface area contributed by atoms with Crippen LogP contribution in [0.2, 0.25) is 0 Å². The van der Waals surface area contributed by atoms with Gasteiger partial charge in [0.05, 0.1) is 19.3 Å². The van der Waals surface area contributed by atoms with Gasteiger partial charge in [0, 0.05) is 24.1 Å². The first-order chi connectivity index (χ1) is 12.2. The predicted octanol–water partition coefficient (Wildman–Crippen LogP) is 3.69. The van der Waals surface area contributed by atoms with Gasteiger partial charge < -0.3 is 14.6 Å². The Morgan fingerprint density at radius 1 is 1.04 bits per heavy atom. The van der Waals surface area contributed by atoms with Crippen LogP contribution in [0.3, 0.4) is 0 Å². The Labute approximate surface area is 169 Å². The van der Waals surface area contributed by atoms with Crippen molar-refractivity contribution in [2.45, 2.75) is 19.1 Å². The Kier molecular flexibility index (Phi) is 8.88. The highest BCUT2D eigenvalue weighted by atomic mass is 79.9. The molecular weight excluding hydrogens is 418 g/mol. The van der Waals surface area contributed by atoms with E-state index in [1.807, 2.05) is 24.3 Å². The van der Waals surface area contributed by atoms with Gasteiger partial charge in [-0.3, -0.25) is 4.90 Å². The Balaban J connectivity index is 0.00000243. The van der Waals surface area contributed by atoms with Crippen molar-refractivity contribution in [2.24, 2.45) is 0 Å². The number of β-amino-alcohol motifs (C(OH)–C–C–N with tert-alkyl or cyclic N) is 1. The van der Waals surface area contributed by atoms with Gasteiger partial charge in [-0.1, -0.05) is 40.2 Å². The highest BCUT2D eigenvalue weighted by Crippen LogP contribution is 2.18. The molecule has 0 aromatic heterocycles. The molecular formula is C20H25BrClNO3. The molecule has 142 valence electrons. The summed E-state index contributed by atoms with van der Waals surface area (Å²) in [5.74, 6) is 0.819. The van der Waals surface area contributed by atoms with Crippen molar-refractivity contribution in [1.82, 2.24) is 4.90 Å². The van der Waals surface area contributed by atoms with Gasteiger partial charge in [-0.2, -0.15) is 0 Å². The zero-order chi connectivity index (χ0) is 17.5. The van der Waals surface area contributed by atoms with E-state index < -0.39 is 6.10 Å². The van der Waals surface area contributed by atoms with E-state index in [1.165, 1.54) is 11.1 Å². The number of aliphatic hydroxyl groups is 1. The van der Waals surface area contributed by atoms with Crippen LogP contribution in [0.4, 0.5) is 0 Å². The largest absolute Gasteiger partial charge is 0.491 e. The maximum Gasteiger partial charge on any atom is 0.119 e. The van der Waals surface area contributed by atoms with Crippen LogP contribution in [0, 0.1) is 0 Å². The first-order valence-electron chi connectivity index (χ1n) is 8.64. The second kappa shape index (κ2) is 10.9. The lowest BCUT2D eigenvalue weighted by atomic mass is 10.00. The van der Waals surface area contributed by atoms with Gasteiger partial charge in [0.2, 0.25) is 0 Å². The molecule has 0 saturated carbocycles. The van der Waals surface area contributed by atoms with E-state index in [4.69, 9.17) is 9.47 Å². The van der Waals surface area contributed by atoms with E-state index >= 15 is 0 Å². The smallest absolute Gasteiger partial charge is 0.119 e. The third-order valence-electron chi connectivity index (χ3n) is 4.30. The highest BCUT2D eigenvalue weighted by Gasteiger charge is 2.18. The Hall–Kier alpha value is -1.11. The Morgan fingerprint density at radius 2 is 1.77 bits per heavy atom. The molecule has 2 aromatic rings. The van der Waals surface area contributed by atoms with Gasteiger partial charge in [0.1, 0.15) is 12.4 Å². The molecule has 1 N–H and O–H groups in total. The summed E-state index contributed by atoms with van der Waals surface area (Å²) in [7, 11) is 0. The number of aliphatic hydroxyl groups excluding tert-OH is 1. The maximum atomic E-state index is 10.2. The molecule has 2 aromatic carbocycles. The van der Waals surface area contributed by atoms with Crippen LogP contribution in [-0.2, 0) is 17.7 Å². The van der Waals surface area contributed by atoms with Gasteiger partial charge in [-0.25, -0.2) is 0 Å². The molecule has 1 heterocycles. The summed E-state index contributed by atoms with van der Waals surface area (Å²) in [4.78, 5) is 2.29. The van der Waals surface area contributed by atoms with Crippen LogP contribution >= 0.6 is 28.3 Å². The van der Waals surface area contributed by atoms with E-state index in [1.54, 1.807) is 0 Å². The molecule has 0 aliphatic carbocycles. The first kappa shape index (κ1) is 21.2. The van der Waals surface area contributed by atoms with Crippen LogP contribution in [0.25, 0.3) is 0 Å². The summed E-state index contributed by atoms with van der Waals surface area (Å²) in [6, 6.07) is 16.2. The number of hydrogen-bond acceptors (Lipinski definition) is 4. The maximum absolute atomic E-state index is 10.2. The summed E-state index contributed by atoms with van der Waals surface area (Å²) in [6.07, 6.45) is 0.572. The van der Waals surface area contributed by atoms with Gasteiger partial charge in [-0.15, -0.1) is 12.4 Å². The number of rotatable bonds is 8. The summed E-state index contributed by atoms with van der Waals surface area (Å²) in [5.41, 5.74) is 2.79. The zero-order valence-corrected chi connectivity index (χ0v) is 17.0.